The smallest absolute Gasteiger partial charge is 0.453 e. The zero-order valence-corrected chi connectivity index (χ0v) is 20.9. The highest BCUT2D eigenvalue weighted by atomic mass is 32.2. The van der Waals surface area contributed by atoms with E-state index in [1.165, 1.54) is 17.5 Å². The average molecular weight is 545 g/mol. The molecule has 1 fully saturated rings. The van der Waals surface area contributed by atoms with Crippen molar-refractivity contribution in [1.82, 2.24) is 24.1 Å². The minimum absolute atomic E-state index is 0.00718. The summed E-state index contributed by atoms with van der Waals surface area (Å²) < 4.78 is 87.2. The zero-order valence-electron chi connectivity index (χ0n) is 20.1. The topological polar surface area (TPSA) is 142 Å². The molecule has 15 heteroatoms. The van der Waals surface area contributed by atoms with E-state index in [0.29, 0.717) is 22.6 Å². The van der Waals surface area contributed by atoms with Crippen LogP contribution in [0, 0.1) is 19.7 Å². The van der Waals surface area contributed by atoms with Gasteiger partial charge in [0, 0.05) is 17.8 Å². The van der Waals surface area contributed by atoms with Crippen LogP contribution in [0.15, 0.2) is 23.2 Å². The average Bonchev–Trinajstić information content (AvgIpc) is 3.18. The number of aryl methyl sites for hydroxylation is 2. The van der Waals surface area contributed by atoms with E-state index in [2.05, 4.69) is 24.4 Å². The normalized spacial score (nSPS) is 20.8. The number of nitrogens with zero attached hydrogens (tertiary/aromatic N) is 4. The second-order valence-corrected chi connectivity index (χ2v) is 10.9. The third-order valence-corrected chi connectivity index (χ3v) is 7.79. The van der Waals surface area contributed by atoms with Crippen molar-refractivity contribution in [3.8, 4) is 11.3 Å². The van der Waals surface area contributed by atoms with Gasteiger partial charge in [-0.25, -0.2) is 27.3 Å². The number of nitrogens with two attached hydrogens (primary N) is 1. The lowest BCUT2D eigenvalue weighted by molar-refractivity contribution is -0.215. The van der Waals surface area contributed by atoms with E-state index in [1.807, 2.05) is 0 Å². The zero-order chi connectivity index (χ0) is 27.3. The number of esters is 1. The molecule has 1 aliphatic carbocycles. The first kappa shape index (κ1) is 26.7. The van der Waals surface area contributed by atoms with Gasteiger partial charge in [-0.05, 0) is 64.2 Å². The Hall–Kier alpha value is -3.33. The van der Waals surface area contributed by atoms with Gasteiger partial charge in [0.25, 0.3) is 0 Å². The Labute approximate surface area is 209 Å². The highest BCUT2D eigenvalue weighted by Crippen LogP contribution is 2.35. The summed E-state index contributed by atoms with van der Waals surface area (Å²) in [5, 5.41) is 0. The molecule has 10 nitrogen and oxygen atoms in total. The maximum absolute atomic E-state index is 14.8. The number of ether oxygens (including phenoxy) is 1. The van der Waals surface area contributed by atoms with E-state index in [-0.39, 0.29) is 37.4 Å². The molecule has 0 aliphatic heterocycles. The Morgan fingerprint density at radius 1 is 1.19 bits per heavy atom. The molecule has 37 heavy (non-hydrogen) atoms. The number of benzene rings is 1. The van der Waals surface area contributed by atoms with Crippen molar-refractivity contribution < 1.29 is 35.5 Å². The summed E-state index contributed by atoms with van der Waals surface area (Å²) in [6, 6.07) is 1.53. The number of carbonyl (C=O) groups is 1. The molecule has 4 rings (SSSR count). The number of nitrogen functional groups attached to an aromatic ring is 1. The number of hydrogen-bond acceptors (Lipinski definition) is 8. The lowest BCUT2D eigenvalue weighted by atomic mass is 9.84. The van der Waals surface area contributed by atoms with Gasteiger partial charge >= 0.3 is 12.1 Å². The van der Waals surface area contributed by atoms with Crippen molar-refractivity contribution in [3.05, 3.63) is 35.5 Å². The van der Waals surface area contributed by atoms with E-state index in [9.17, 15) is 30.8 Å². The predicted molar refractivity (Wildman–Crippen MR) is 123 cm³/mol. The standard InChI is InChI=1S/C22H24F4N6O4S/c1-11-8-15(23)17(9-14(11)16-10-32-19(27)28-12(2)29-20(32)30-16)37(34,35)31-13-4-6-21(3,7-5-13)36-18(33)22(24,25)26/h8-10,13,31H,4-7H2,1-3H3,(H2,27,28,29,30). The minimum Gasteiger partial charge on any atom is -0.453 e. The van der Waals surface area contributed by atoms with Gasteiger partial charge in [0.2, 0.25) is 21.7 Å². The number of anilines is 1. The van der Waals surface area contributed by atoms with E-state index in [4.69, 9.17) is 5.73 Å². The molecule has 0 unspecified atom stereocenters. The van der Waals surface area contributed by atoms with Crippen LogP contribution in [0.3, 0.4) is 0 Å². The Morgan fingerprint density at radius 3 is 2.46 bits per heavy atom. The summed E-state index contributed by atoms with van der Waals surface area (Å²) in [5.41, 5.74) is 5.58. The molecule has 3 aromatic rings. The van der Waals surface area contributed by atoms with Gasteiger partial charge in [0.1, 0.15) is 22.1 Å². The number of nitrogens with one attached hydrogen (secondary N) is 1. The summed E-state index contributed by atoms with van der Waals surface area (Å²) in [6.07, 6.45) is -3.45. The van der Waals surface area contributed by atoms with Crippen LogP contribution in [0.5, 0.6) is 0 Å². The summed E-state index contributed by atoms with van der Waals surface area (Å²) >= 11 is 0. The fraction of sp³-hybridized carbons (Fsp3) is 0.455. The first-order valence-corrected chi connectivity index (χ1v) is 12.7. The SMILES string of the molecule is Cc1nc(N)n2cc(-c3cc(S(=O)(=O)NC4CCC(C)(OC(=O)C(F)(F)F)CC4)c(F)cc3C)nc2n1. The van der Waals surface area contributed by atoms with E-state index >= 15 is 0 Å². The van der Waals surface area contributed by atoms with Crippen LogP contribution < -0.4 is 10.5 Å². The fourth-order valence-electron chi connectivity index (χ4n) is 4.28. The molecule has 0 bridgehead atoms. The molecule has 2 aromatic heterocycles. The molecule has 0 amide bonds. The van der Waals surface area contributed by atoms with Gasteiger partial charge in [-0.1, -0.05) is 0 Å². The van der Waals surface area contributed by atoms with Crippen molar-refractivity contribution >= 4 is 27.7 Å². The molecule has 2 heterocycles. The molecule has 1 aromatic carbocycles. The Morgan fingerprint density at radius 2 is 1.84 bits per heavy atom. The molecular formula is C22H24F4N6O4S. The number of fused-ring (bicyclic) bond motifs is 1. The van der Waals surface area contributed by atoms with E-state index < -0.39 is 44.5 Å². The van der Waals surface area contributed by atoms with E-state index in [0.717, 1.165) is 12.1 Å². The quantitative estimate of drug-likeness (QED) is 0.368. The number of alkyl halides is 3. The molecule has 0 radical (unpaired) electrons. The van der Waals surface area contributed by atoms with Gasteiger partial charge in [-0.15, -0.1) is 0 Å². The second kappa shape index (κ2) is 9.20. The van der Waals surface area contributed by atoms with Crippen LogP contribution in [-0.2, 0) is 19.6 Å². The number of imidazole rings is 1. The van der Waals surface area contributed by atoms with Gasteiger partial charge in [0.15, 0.2) is 0 Å². The lowest BCUT2D eigenvalue weighted by Gasteiger charge is -2.37. The summed E-state index contributed by atoms with van der Waals surface area (Å²) in [6.45, 7) is 4.59. The number of rotatable bonds is 5. The Balaban J connectivity index is 1.56. The number of hydrogen-bond donors (Lipinski definition) is 2. The highest BCUT2D eigenvalue weighted by molar-refractivity contribution is 7.89. The number of aromatic nitrogens is 4. The maximum atomic E-state index is 14.8. The summed E-state index contributed by atoms with van der Waals surface area (Å²) in [7, 11) is -4.37. The van der Waals surface area contributed by atoms with Crippen molar-refractivity contribution in [1.29, 1.82) is 0 Å². The van der Waals surface area contributed by atoms with Crippen molar-refractivity contribution in [2.24, 2.45) is 0 Å². The van der Waals surface area contributed by atoms with Crippen molar-refractivity contribution in [2.45, 2.75) is 69.2 Å². The molecule has 1 saturated carbocycles. The van der Waals surface area contributed by atoms with Gasteiger partial charge in [-0.2, -0.15) is 23.1 Å². The summed E-state index contributed by atoms with van der Waals surface area (Å²) in [4.78, 5) is 23.2. The largest absolute Gasteiger partial charge is 0.490 e. The fourth-order valence-corrected chi connectivity index (χ4v) is 5.67. The Kier molecular flexibility index (Phi) is 6.65. The minimum atomic E-state index is -5.12. The molecule has 0 spiro atoms. The van der Waals surface area contributed by atoms with Gasteiger partial charge in [0.05, 0.1) is 5.69 Å². The molecule has 0 atom stereocenters. The molecule has 1 aliphatic rings. The first-order chi connectivity index (χ1) is 17.1. The number of sulfonamides is 1. The third kappa shape index (κ3) is 5.51. The third-order valence-electron chi connectivity index (χ3n) is 6.25. The second-order valence-electron chi connectivity index (χ2n) is 9.26. The van der Waals surface area contributed by atoms with Crippen LogP contribution in [0.1, 0.15) is 44.0 Å². The summed E-state index contributed by atoms with van der Waals surface area (Å²) in [5.74, 6) is -2.52. The predicted octanol–water partition coefficient (Wildman–Crippen LogP) is 3.21. The molecule has 3 N–H and O–H groups in total. The number of halogens is 4. The van der Waals surface area contributed by atoms with Crippen molar-refractivity contribution in [2.75, 3.05) is 5.73 Å². The number of carbonyl (C=O) groups excluding carboxylic acids is 1. The maximum Gasteiger partial charge on any atom is 0.490 e. The first-order valence-electron chi connectivity index (χ1n) is 11.2. The lowest BCUT2D eigenvalue weighted by Crippen LogP contribution is -2.45. The van der Waals surface area contributed by atoms with Crippen LogP contribution in [0.2, 0.25) is 0 Å². The van der Waals surface area contributed by atoms with Gasteiger partial charge < -0.3 is 10.5 Å². The van der Waals surface area contributed by atoms with Crippen LogP contribution >= 0.6 is 0 Å². The molecule has 200 valence electrons. The van der Waals surface area contributed by atoms with Crippen LogP contribution in [0.25, 0.3) is 17.0 Å². The van der Waals surface area contributed by atoms with Gasteiger partial charge in [-0.3, -0.25) is 4.40 Å². The highest BCUT2D eigenvalue weighted by Gasteiger charge is 2.46. The Bertz CT molecular complexity index is 1480. The molecular weight excluding hydrogens is 520 g/mol. The van der Waals surface area contributed by atoms with Crippen LogP contribution in [0.4, 0.5) is 23.5 Å². The van der Waals surface area contributed by atoms with Crippen LogP contribution in [-0.4, -0.2) is 51.6 Å². The van der Waals surface area contributed by atoms with Crippen molar-refractivity contribution in [3.63, 3.8) is 0 Å². The molecule has 0 saturated heterocycles. The van der Waals surface area contributed by atoms with E-state index in [1.54, 1.807) is 13.8 Å². The monoisotopic (exact) mass is 544 g/mol.